The molecule has 1 aromatic rings. The molecule has 1 saturated heterocycles. The standard InChI is InChI=1S/C8H12N3O7P/c9-3-1-2-11(8(14)10-3)6-4(12)5(13)7(18-6)19(15,16)17/h1-2,4-7,12-13H,(H2,9,10,14)(H2,15,16,17)/t4-,5-,6-,7+/m0/s1. The largest absolute Gasteiger partial charge is 0.387 e. The third-order valence-electron chi connectivity index (χ3n) is 2.67. The van der Waals surface area contributed by atoms with Gasteiger partial charge in [-0.1, -0.05) is 0 Å². The van der Waals surface area contributed by atoms with Crippen LogP contribution in [0.3, 0.4) is 0 Å². The smallest absolute Gasteiger partial charge is 0.356 e. The highest BCUT2D eigenvalue weighted by atomic mass is 31.2. The second kappa shape index (κ2) is 4.67. The zero-order chi connectivity index (χ0) is 14.4. The molecule has 1 aliphatic rings. The fraction of sp³-hybridized carbons (Fsp3) is 0.500. The van der Waals surface area contributed by atoms with Gasteiger partial charge in [0.2, 0.25) is 0 Å². The minimum absolute atomic E-state index is 0.0548. The SMILES string of the molecule is Nc1ccn([C@H]2O[C@H](P(=O)(O)O)[C@@H](O)[C@@H]2O)c(=O)n1. The first kappa shape index (κ1) is 14.1. The summed E-state index contributed by atoms with van der Waals surface area (Å²) in [5.74, 6) is -1.96. The zero-order valence-electron chi connectivity index (χ0n) is 9.40. The monoisotopic (exact) mass is 293 g/mol. The number of rotatable bonds is 2. The van der Waals surface area contributed by atoms with Gasteiger partial charge in [-0.15, -0.1) is 0 Å². The Bertz CT molecular complexity index is 584. The van der Waals surface area contributed by atoms with E-state index in [-0.39, 0.29) is 5.82 Å². The average Bonchev–Trinajstić information content (AvgIpc) is 2.56. The van der Waals surface area contributed by atoms with Crippen molar-refractivity contribution in [3.8, 4) is 0 Å². The lowest BCUT2D eigenvalue weighted by molar-refractivity contribution is -0.0279. The van der Waals surface area contributed by atoms with Crippen molar-refractivity contribution < 1.29 is 29.3 Å². The van der Waals surface area contributed by atoms with Crippen LogP contribution in [0, 0.1) is 0 Å². The van der Waals surface area contributed by atoms with Crippen molar-refractivity contribution in [3.05, 3.63) is 22.7 Å². The average molecular weight is 293 g/mol. The number of ether oxygens (including phenoxy) is 1. The molecule has 10 nitrogen and oxygen atoms in total. The van der Waals surface area contributed by atoms with E-state index in [1.165, 1.54) is 6.07 Å². The molecule has 19 heavy (non-hydrogen) atoms. The number of anilines is 1. The van der Waals surface area contributed by atoms with Gasteiger partial charge in [-0.3, -0.25) is 9.13 Å². The van der Waals surface area contributed by atoms with E-state index in [1.807, 2.05) is 0 Å². The number of nitrogen functional groups attached to an aromatic ring is 1. The summed E-state index contributed by atoms with van der Waals surface area (Å²) in [6.07, 6.45) is -3.81. The molecule has 0 radical (unpaired) electrons. The van der Waals surface area contributed by atoms with Gasteiger partial charge in [0.25, 0.3) is 0 Å². The summed E-state index contributed by atoms with van der Waals surface area (Å²) < 4.78 is 16.7. The summed E-state index contributed by atoms with van der Waals surface area (Å²) in [6.45, 7) is 0. The lowest BCUT2D eigenvalue weighted by Gasteiger charge is -2.16. The molecule has 0 aromatic carbocycles. The number of aliphatic hydroxyl groups excluding tert-OH is 2. The Kier molecular flexibility index (Phi) is 3.47. The van der Waals surface area contributed by atoms with Crippen LogP contribution in [0.1, 0.15) is 6.23 Å². The number of nitrogens with two attached hydrogens (primary N) is 1. The first-order chi connectivity index (χ1) is 8.71. The van der Waals surface area contributed by atoms with Crippen LogP contribution in [0.15, 0.2) is 17.1 Å². The van der Waals surface area contributed by atoms with Crippen LogP contribution in [-0.2, 0) is 9.30 Å². The van der Waals surface area contributed by atoms with Crippen LogP contribution in [0.25, 0.3) is 0 Å². The molecule has 0 spiro atoms. The van der Waals surface area contributed by atoms with Crippen molar-refractivity contribution in [2.24, 2.45) is 0 Å². The van der Waals surface area contributed by atoms with Crippen LogP contribution in [0.4, 0.5) is 5.82 Å². The zero-order valence-corrected chi connectivity index (χ0v) is 10.3. The van der Waals surface area contributed by atoms with Gasteiger partial charge in [0.1, 0.15) is 18.0 Å². The molecule has 2 rings (SSSR count). The first-order valence-corrected chi connectivity index (χ1v) is 6.81. The molecule has 0 amide bonds. The first-order valence-electron chi connectivity index (χ1n) is 5.13. The predicted octanol–water partition coefficient (Wildman–Crippen LogP) is -2.42. The van der Waals surface area contributed by atoms with Crippen molar-refractivity contribution >= 4 is 13.4 Å². The third-order valence-corrected chi connectivity index (χ3v) is 3.76. The van der Waals surface area contributed by atoms with Crippen LogP contribution in [0.5, 0.6) is 0 Å². The summed E-state index contributed by atoms with van der Waals surface area (Å²) >= 11 is 0. The van der Waals surface area contributed by atoms with Crippen molar-refractivity contribution in [1.82, 2.24) is 9.55 Å². The highest BCUT2D eigenvalue weighted by Gasteiger charge is 2.51. The van der Waals surface area contributed by atoms with Gasteiger partial charge >= 0.3 is 13.3 Å². The molecule has 6 N–H and O–H groups in total. The molecular weight excluding hydrogens is 281 g/mol. The molecule has 1 aromatic heterocycles. The molecular formula is C8H12N3O7P. The summed E-state index contributed by atoms with van der Waals surface area (Å²) in [5, 5.41) is 19.2. The van der Waals surface area contributed by atoms with Gasteiger partial charge in [-0.05, 0) is 6.07 Å². The highest BCUT2D eigenvalue weighted by Crippen LogP contribution is 2.49. The molecule has 1 fully saturated rings. The number of aliphatic hydroxyl groups is 2. The van der Waals surface area contributed by atoms with Gasteiger partial charge in [-0.25, -0.2) is 4.79 Å². The van der Waals surface area contributed by atoms with Crippen molar-refractivity contribution in [2.45, 2.75) is 24.3 Å². The molecule has 0 aliphatic carbocycles. The van der Waals surface area contributed by atoms with Crippen molar-refractivity contribution in [1.29, 1.82) is 0 Å². The van der Waals surface area contributed by atoms with E-state index in [2.05, 4.69) is 4.98 Å². The van der Waals surface area contributed by atoms with Gasteiger partial charge in [-0.2, -0.15) is 4.98 Å². The summed E-state index contributed by atoms with van der Waals surface area (Å²) in [7, 11) is -4.78. The molecule has 4 atom stereocenters. The predicted molar refractivity (Wildman–Crippen MR) is 60.9 cm³/mol. The van der Waals surface area contributed by atoms with Crippen LogP contribution < -0.4 is 11.4 Å². The fourth-order valence-electron chi connectivity index (χ4n) is 1.77. The van der Waals surface area contributed by atoms with Crippen LogP contribution >= 0.6 is 7.60 Å². The maximum Gasteiger partial charge on any atom is 0.356 e. The quantitative estimate of drug-likeness (QED) is 0.372. The van der Waals surface area contributed by atoms with Crippen LogP contribution in [0.2, 0.25) is 0 Å². The summed E-state index contributed by atoms with van der Waals surface area (Å²) in [6, 6.07) is 1.24. The second-order valence-electron chi connectivity index (χ2n) is 4.03. The topological polar surface area (TPSA) is 168 Å². The lowest BCUT2D eigenvalue weighted by atomic mass is 10.2. The number of nitrogens with zero attached hydrogens (tertiary/aromatic N) is 2. The van der Waals surface area contributed by atoms with Gasteiger partial charge in [0.15, 0.2) is 12.1 Å². The Labute approximate surface area is 106 Å². The van der Waals surface area contributed by atoms with E-state index in [0.29, 0.717) is 0 Å². The van der Waals surface area contributed by atoms with E-state index < -0.39 is 37.6 Å². The Hall–Kier alpha value is -1.29. The number of hydrogen-bond donors (Lipinski definition) is 5. The number of hydrogen-bond acceptors (Lipinski definition) is 7. The summed E-state index contributed by atoms with van der Waals surface area (Å²) in [5.41, 5.74) is 4.41. The van der Waals surface area contributed by atoms with Gasteiger partial charge < -0.3 is 30.5 Å². The second-order valence-corrected chi connectivity index (χ2v) is 5.72. The Morgan fingerprint density at radius 2 is 2.00 bits per heavy atom. The summed E-state index contributed by atoms with van der Waals surface area (Å²) in [4.78, 5) is 32.9. The van der Waals surface area contributed by atoms with E-state index >= 15 is 0 Å². The molecule has 0 unspecified atom stereocenters. The van der Waals surface area contributed by atoms with Gasteiger partial charge in [0.05, 0.1) is 0 Å². The lowest BCUT2D eigenvalue weighted by Crippen LogP contribution is -2.35. The maximum absolute atomic E-state index is 11.5. The van der Waals surface area contributed by atoms with Crippen LogP contribution in [-0.4, -0.2) is 47.6 Å². The Balaban J connectivity index is 2.37. The van der Waals surface area contributed by atoms with E-state index in [4.69, 9.17) is 20.3 Å². The molecule has 0 bridgehead atoms. The minimum atomic E-state index is -4.78. The normalized spacial score (nSPS) is 31.6. The van der Waals surface area contributed by atoms with E-state index in [9.17, 15) is 19.6 Å². The van der Waals surface area contributed by atoms with Crippen molar-refractivity contribution in [2.75, 3.05) is 5.73 Å². The molecule has 11 heteroatoms. The van der Waals surface area contributed by atoms with E-state index in [1.54, 1.807) is 0 Å². The maximum atomic E-state index is 11.5. The highest BCUT2D eigenvalue weighted by molar-refractivity contribution is 7.52. The van der Waals surface area contributed by atoms with Gasteiger partial charge in [0, 0.05) is 6.20 Å². The third kappa shape index (κ3) is 2.54. The van der Waals surface area contributed by atoms with Crippen molar-refractivity contribution in [3.63, 3.8) is 0 Å². The van der Waals surface area contributed by atoms with E-state index in [0.717, 1.165) is 10.8 Å². The Morgan fingerprint density at radius 3 is 2.47 bits per heavy atom. The Morgan fingerprint density at radius 1 is 1.37 bits per heavy atom. The number of aromatic nitrogens is 2. The molecule has 106 valence electrons. The molecule has 0 saturated carbocycles. The molecule has 2 heterocycles. The fourth-order valence-corrected chi connectivity index (χ4v) is 2.63. The molecule has 1 aliphatic heterocycles. The minimum Gasteiger partial charge on any atom is -0.387 e.